The predicted molar refractivity (Wildman–Crippen MR) is 95.0 cm³/mol. The van der Waals surface area contributed by atoms with Crippen molar-refractivity contribution < 1.29 is 23.8 Å². The van der Waals surface area contributed by atoms with Crippen LogP contribution in [0.3, 0.4) is 0 Å². The standard InChI is InChI=1S/C19H19NO5/c1-13(21)25-19-16(23-2)11-14(12-17(19)24-3)9-10-18(22)20-15-7-5-4-6-8-15/h4-12H,1-3H3,(H,20,22). The molecule has 2 rings (SSSR count). The first-order chi connectivity index (χ1) is 12.0. The average Bonchev–Trinajstić information content (AvgIpc) is 2.61. The SMILES string of the molecule is COc1cc(C=CC(=O)Nc2ccccc2)cc(OC)c1OC(C)=O. The molecule has 0 saturated heterocycles. The van der Waals surface area contributed by atoms with E-state index in [-0.39, 0.29) is 11.7 Å². The van der Waals surface area contributed by atoms with Gasteiger partial charge in [0.1, 0.15) is 0 Å². The number of carbonyl (C=O) groups is 2. The zero-order valence-electron chi connectivity index (χ0n) is 14.2. The molecule has 0 unspecified atom stereocenters. The van der Waals surface area contributed by atoms with Crippen molar-refractivity contribution in [3.8, 4) is 17.2 Å². The number of nitrogens with one attached hydrogen (secondary N) is 1. The number of carbonyl (C=O) groups excluding carboxylic acids is 2. The van der Waals surface area contributed by atoms with Crippen molar-refractivity contribution in [2.45, 2.75) is 6.92 Å². The van der Waals surface area contributed by atoms with E-state index >= 15 is 0 Å². The van der Waals surface area contributed by atoms with Crippen LogP contribution in [0.1, 0.15) is 12.5 Å². The van der Waals surface area contributed by atoms with E-state index in [0.717, 1.165) is 0 Å². The number of para-hydroxylation sites is 1. The summed E-state index contributed by atoms with van der Waals surface area (Å²) >= 11 is 0. The van der Waals surface area contributed by atoms with Crippen molar-refractivity contribution in [1.82, 2.24) is 0 Å². The maximum absolute atomic E-state index is 12.0. The van der Waals surface area contributed by atoms with Crippen LogP contribution in [-0.2, 0) is 9.59 Å². The Balaban J connectivity index is 2.21. The molecule has 0 atom stereocenters. The summed E-state index contributed by atoms with van der Waals surface area (Å²) in [4.78, 5) is 23.2. The summed E-state index contributed by atoms with van der Waals surface area (Å²) in [6.45, 7) is 1.29. The number of ether oxygens (including phenoxy) is 3. The maximum atomic E-state index is 12.0. The lowest BCUT2D eigenvalue weighted by atomic mass is 10.1. The van der Waals surface area contributed by atoms with Crippen molar-refractivity contribution in [3.63, 3.8) is 0 Å². The summed E-state index contributed by atoms with van der Waals surface area (Å²) in [5.74, 6) is 0.106. The molecule has 0 aliphatic rings. The van der Waals surface area contributed by atoms with Crippen LogP contribution in [0.25, 0.3) is 6.08 Å². The van der Waals surface area contributed by atoms with Crippen LogP contribution in [-0.4, -0.2) is 26.1 Å². The highest BCUT2D eigenvalue weighted by Crippen LogP contribution is 2.39. The number of rotatable bonds is 6. The molecule has 2 aromatic rings. The molecule has 0 radical (unpaired) electrons. The van der Waals surface area contributed by atoms with Crippen LogP contribution in [0.15, 0.2) is 48.5 Å². The molecular weight excluding hydrogens is 322 g/mol. The van der Waals surface area contributed by atoms with Crippen LogP contribution in [0.4, 0.5) is 5.69 Å². The molecule has 0 aromatic heterocycles. The number of amides is 1. The van der Waals surface area contributed by atoms with Gasteiger partial charge in [-0.2, -0.15) is 0 Å². The summed E-state index contributed by atoms with van der Waals surface area (Å²) in [6, 6.07) is 12.4. The lowest BCUT2D eigenvalue weighted by Gasteiger charge is -2.13. The molecule has 25 heavy (non-hydrogen) atoms. The third-order valence-electron chi connectivity index (χ3n) is 3.20. The second-order valence-electron chi connectivity index (χ2n) is 5.04. The number of esters is 1. The quantitative estimate of drug-likeness (QED) is 0.496. The fourth-order valence-corrected chi connectivity index (χ4v) is 2.12. The first-order valence-corrected chi connectivity index (χ1v) is 7.52. The molecule has 6 heteroatoms. The van der Waals surface area contributed by atoms with Gasteiger partial charge in [0, 0.05) is 18.7 Å². The van der Waals surface area contributed by atoms with Crippen LogP contribution < -0.4 is 19.5 Å². The van der Waals surface area contributed by atoms with E-state index in [9.17, 15) is 9.59 Å². The molecule has 0 fully saturated rings. The van der Waals surface area contributed by atoms with E-state index in [1.165, 1.54) is 27.2 Å². The van der Waals surface area contributed by atoms with Gasteiger partial charge in [-0.3, -0.25) is 9.59 Å². The Morgan fingerprint density at radius 1 is 1.00 bits per heavy atom. The smallest absolute Gasteiger partial charge is 0.308 e. The van der Waals surface area contributed by atoms with Gasteiger partial charge in [0.25, 0.3) is 0 Å². The van der Waals surface area contributed by atoms with Crippen molar-refractivity contribution in [3.05, 3.63) is 54.1 Å². The van der Waals surface area contributed by atoms with Crippen LogP contribution >= 0.6 is 0 Å². The lowest BCUT2D eigenvalue weighted by molar-refractivity contribution is -0.132. The molecule has 0 bridgehead atoms. The first-order valence-electron chi connectivity index (χ1n) is 7.52. The summed E-state index contributed by atoms with van der Waals surface area (Å²) < 4.78 is 15.6. The van der Waals surface area contributed by atoms with Gasteiger partial charge in [0.2, 0.25) is 11.7 Å². The highest BCUT2D eigenvalue weighted by molar-refractivity contribution is 6.02. The summed E-state index contributed by atoms with van der Waals surface area (Å²) in [6.07, 6.45) is 3.01. The highest BCUT2D eigenvalue weighted by Gasteiger charge is 2.15. The second kappa shape index (κ2) is 8.54. The minimum Gasteiger partial charge on any atom is -0.493 e. The van der Waals surface area contributed by atoms with E-state index in [0.29, 0.717) is 22.7 Å². The number of anilines is 1. The van der Waals surface area contributed by atoms with Crippen molar-refractivity contribution in [2.75, 3.05) is 19.5 Å². The zero-order chi connectivity index (χ0) is 18.2. The van der Waals surface area contributed by atoms with Gasteiger partial charge in [-0.1, -0.05) is 18.2 Å². The van der Waals surface area contributed by atoms with E-state index in [4.69, 9.17) is 14.2 Å². The second-order valence-corrected chi connectivity index (χ2v) is 5.04. The molecule has 2 aromatic carbocycles. The Morgan fingerprint density at radius 2 is 1.60 bits per heavy atom. The molecule has 0 aliphatic carbocycles. The highest BCUT2D eigenvalue weighted by atomic mass is 16.6. The van der Waals surface area contributed by atoms with Gasteiger partial charge in [-0.05, 0) is 35.9 Å². The molecule has 1 amide bonds. The zero-order valence-corrected chi connectivity index (χ0v) is 14.2. The Labute approximate surface area is 146 Å². The average molecular weight is 341 g/mol. The molecule has 0 saturated carbocycles. The van der Waals surface area contributed by atoms with Gasteiger partial charge in [0.05, 0.1) is 14.2 Å². The number of benzene rings is 2. The minimum absolute atomic E-state index is 0.198. The van der Waals surface area contributed by atoms with Crippen molar-refractivity contribution in [2.24, 2.45) is 0 Å². The normalized spacial score (nSPS) is 10.4. The minimum atomic E-state index is -0.484. The molecule has 6 nitrogen and oxygen atoms in total. The first kappa shape index (κ1) is 18.1. The van der Waals surface area contributed by atoms with Gasteiger partial charge in [-0.15, -0.1) is 0 Å². The van der Waals surface area contributed by atoms with Crippen LogP contribution in [0, 0.1) is 0 Å². The predicted octanol–water partition coefficient (Wildman–Crippen LogP) is 3.28. The van der Waals surface area contributed by atoms with E-state index < -0.39 is 5.97 Å². The lowest BCUT2D eigenvalue weighted by Crippen LogP contribution is -2.07. The summed E-state index contributed by atoms with van der Waals surface area (Å²) in [5.41, 5.74) is 1.37. The van der Waals surface area contributed by atoms with Crippen LogP contribution in [0.2, 0.25) is 0 Å². The molecule has 0 aliphatic heterocycles. The fourth-order valence-electron chi connectivity index (χ4n) is 2.12. The fraction of sp³-hybridized carbons (Fsp3) is 0.158. The summed E-state index contributed by atoms with van der Waals surface area (Å²) in [7, 11) is 2.91. The third kappa shape index (κ3) is 5.10. The molecular formula is C19H19NO5. The van der Waals surface area contributed by atoms with E-state index in [1.807, 2.05) is 18.2 Å². The third-order valence-corrected chi connectivity index (χ3v) is 3.20. The topological polar surface area (TPSA) is 73.9 Å². The van der Waals surface area contributed by atoms with E-state index in [1.54, 1.807) is 30.3 Å². The van der Waals surface area contributed by atoms with Gasteiger partial charge < -0.3 is 19.5 Å². The van der Waals surface area contributed by atoms with Crippen molar-refractivity contribution in [1.29, 1.82) is 0 Å². The Morgan fingerprint density at radius 3 is 2.12 bits per heavy atom. The van der Waals surface area contributed by atoms with Crippen molar-refractivity contribution >= 4 is 23.6 Å². The number of methoxy groups -OCH3 is 2. The Hall–Kier alpha value is -3.28. The van der Waals surface area contributed by atoms with E-state index in [2.05, 4.69) is 5.32 Å². The summed E-state index contributed by atoms with van der Waals surface area (Å²) in [5, 5.41) is 2.75. The maximum Gasteiger partial charge on any atom is 0.308 e. The Bertz CT molecular complexity index is 759. The number of hydrogen-bond donors (Lipinski definition) is 1. The van der Waals surface area contributed by atoms with Gasteiger partial charge in [-0.25, -0.2) is 0 Å². The van der Waals surface area contributed by atoms with Crippen LogP contribution in [0.5, 0.6) is 17.2 Å². The van der Waals surface area contributed by atoms with Gasteiger partial charge >= 0.3 is 5.97 Å². The largest absolute Gasteiger partial charge is 0.493 e. The molecule has 130 valence electrons. The number of hydrogen-bond acceptors (Lipinski definition) is 5. The molecule has 0 spiro atoms. The molecule has 0 heterocycles. The van der Waals surface area contributed by atoms with Gasteiger partial charge in [0.15, 0.2) is 11.5 Å². The molecule has 1 N–H and O–H groups in total. The monoisotopic (exact) mass is 341 g/mol. The Kier molecular flexibility index (Phi) is 6.17.